The highest BCUT2D eigenvalue weighted by molar-refractivity contribution is 8.15. The number of carbonyl (C=O) groups excluding carboxylic acids is 2. The summed E-state index contributed by atoms with van der Waals surface area (Å²) < 4.78 is 10.9. The van der Waals surface area contributed by atoms with Crippen molar-refractivity contribution in [3.8, 4) is 0 Å². The van der Waals surface area contributed by atoms with E-state index in [4.69, 9.17) is 9.15 Å². The quantitative estimate of drug-likeness (QED) is 0.809. The Morgan fingerprint density at radius 1 is 1.24 bits per heavy atom. The van der Waals surface area contributed by atoms with E-state index < -0.39 is 11.3 Å². The number of aromatic nitrogens is 1. The van der Waals surface area contributed by atoms with Gasteiger partial charge in [-0.3, -0.25) is 14.6 Å². The Bertz CT molecular complexity index is 889. The Balaban J connectivity index is 1.50. The number of nitrogens with one attached hydrogen (secondary N) is 1. The molecule has 1 fully saturated rings. The molecule has 0 saturated carbocycles. The van der Waals surface area contributed by atoms with E-state index in [2.05, 4.69) is 15.3 Å². The smallest absolute Gasteiger partial charge is 0.258 e. The first-order valence-corrected chi connectivity index (χ1v) is 10.7. The third-order valence-corrected chi connectivity index (χ3v) is 6.36. The summed E-state index contributed by atoms with van der Waals surface area (Å²) in [5.74, 6) is 0.432. The molecule has 2 aliphatic heterocycles. The summed E-state index contributed by atoms with van der Waals surface area (Å²) in [6, 6.07) is 6.74. The number of carbonyl (C=O) groups is 2. The van der Waals surface area contributed by atoms with Crippen LogP contribution >= 0.6 is 11.8 Å². The van der Waals surface area contributed by atoms with E-state index in [1.807, 2.05) is 19.1 Å². The average molecular weight is 413 g/mol. The van der Waals surface area contributed by atoms with Crippen LogP contribution in [-0.2, 0) is 16.0 Å². The molecule has 29 heavy (non-hydrogen) atoms. The topological polar surface area (TPSA) is 93.8 Å². The fourth-order valence-corrected chi connectivity index (χ4v) is 4.71. The summed E-state index contributed by atoms with van der Waals surface area (Å²) in [5, 5.41) is 2.84. The second-order valence-electron chi connectivity index (χ2n) is 7.07. The Kier molecular flexibility index (Phi) is 6.10. The normalized spacial score (nSPS) is 22.3. The molecule has 2 aromatic heterocycles. The van der Waals surface area contributed by atoms with Gasteiger partial charge in [-0.05, 0) is 43.5 Å². The minimum Gasteiger partial charge on any atom is -0.467 e. The lowest BCUT2D eigenvalue weighted by Gasteiger charge is -2.24. The third kappa shape index (κ3) is 4.43. The molecule has 152 valence electrons. The van der Waals surface area contributed by atoms with Crippen LogP contribution in [-0.4, -0.2) is 40.3 Å². The van der Waals surface area contributed by atoms with Crippen LogP contribution in [0.1, 0.15) is 47.6 Å². The van der Waals surface area contributed by atoms with Crippen molar-refractivity contribution in [3.05, 3.63) is 53.7 Å². The highest BCUT2D eigenvalue weighted by atomic mass is 32.2. The van der Waals surface area contributed by atoms with Gasteiger partial charge >= 0.3 is 0 Å². The van der Waals surface area contributed by atoms with Gasteiger partial charge in [-0.2, -0.15) is 0 Å². The molecule has 2 atom stereocenters. The first-order chi connectivity index (χ1) is 14.2. The van der Waals surface area contributed by atoms with Gasteiger partial charge in [0.05, 0.1) is 11.8 Å². The van der Waals surface area contributed by atoms with Crippen molar-refractivity contribution in [1.82, 2.24) is 10.3 Å². The lowest BCUT2D eigenvalue weighted by molar-refractivity contribution is -0.125. The van der Waals surface area contributed by atoms with Gasteiger partial charge in [0.15, 0.2) is 11.0 Å². The molecule has 8 heteroatoms. The van der Waals surface area contributed by atoms with E-state index in [1.165, 1.54) is 11.8 Å². The van der Waals surface area contributed by atoms with Crippen molar-refractivity contribution in [2.24, 2.45) is 10.9 Å². The standard InChI is InChI=1S/C21H23N3O4S/c1-2-15-6-5-14(12-22-15)20(26)24-21-23-17(16-4-3-9-28-16)19(29-21)18(25)13-7-10-27-11-8-13/h3-6,9,12-13,17,19H,2,7-8,10-11H2,1H3,(H,23,24,26). The number of amidine groups is 1. The second-order valence-corrected chi connectivity index (χ2v) is 8.20. The molecule has 0 radical (unpaired) electrons. The van der Waals surface area contributed by atoms with Gasteiger partial charge in [-0.1, -0.05) is 18.7 Å². The summed E-state index contributed by atoms with van der Waals surface area (Å²) in [6.07, 6.45) is 5.38. The lowest BCUT2D eigenvalue weighted by atomic mass is 9.90. The summed E-state index contributed by atoms with van der Waals surface area (Å²) >= 11 is 1.30. The number of nitrogens with zero attached hydrogens (tertiary/aromatic N) is 2. The van der Waals surface area contributed by atoms with Crippen molar-refractivity contribution in [2.75, 3.05) is 13.2 Å². The number of ether oxygens (including phenoxy) is 1. The molecule has 0 aliphatic carbocycles. The number of aliphatic imine (C=N–C) groups is 1. The van der Waals surface area contributed by atoms with Gasteiger partial charge in [-0.15, -0.1) is 0 Å². The van der Waals surface area contributed by atoms with E-state index in [0.29, 0.717) is 29.7 Å². The molecule has 7 nitrogen and oxygen atoms in total. The molecule has 0 aromatic carbocycles. The molecule has 1 amide bonds. The summed E-state index contributed by atoms with van der Waals surface area (Å²) in [5.41, 5.74) is 1.38. The maximum Gasteiger partial charge on any atom is 0.258 e. The molecular formula is C21H23N3O4S. The average Bonchev–Trinajstić information content (AvgIpc) is 3.44. The first kappa shape index (κ1) is 19.8. The number of hydrogen-bond donors (Lipinski definition) is 1. The predicted molar refractivity (Wildman–Crippen MR) is 110 cm³/mol. The van der Waals surface area contributed by atoms with Crippen LogP contribution in [0.25, 0.3) is 0 Å². The number of ketones is 1. The third-order valence-electron chi connectivity index (χ3n) is 5.19. The van der Waals surface area contributed by atoms with Crippen LogP contribution in [0.2, 0.25) is 0 Å². The molecule has 0 bridgehead atoms. The fraction of sp³-hybridized carbons (Fsp3) is 0.429. The predicted octanol–water partition coefficient (Wildman–Crippen LogP) is 3.18. The number of Topliss-reactive ketones (excluding diaryl/α,β-unsaturated/α-hetero) is 1. The zero-order valence-electron chi connectivity index (χ0n) is 16.2. The fourth-order valence-electron chi connectivity index (χ4n) is 3.51. The molecule has 0 spiro atoms. The molecule has 4 rings (SSSR count). The minimum atomic E-state index is -0.443. The molecule has 1 N–H and O–H groups in total. The Hall–Kier alpha value is -2.45. The maximum atomic E-state index is 13.2. The monoisotopic (exact) mass is 413 g/mol. The Labute approximate surface area is 173 Å². The summed E-state index contributed by atoms with van der Waals surface area (Å²) in [7, 11) is 0. The van der Waals surface area contributed by atoms with Gasteiger partial charge in [0.25, 0.3) is 5.91 Å². The molecular weight excluding hydrogens is 390 g/mol. The van der Waals surface area contributed by atoms with Crippen molar-refractivity contribution in [3.63, 3.8) is 0 Å². The van der Waals surface area contributed by atoms with Gasteiger partial charge in [0.1, 0.15) is 17.1 Å². The second kappa shape index (κ2) is 8.92. The van der Waals surface area contributed by atoms with Crippen LogP contribution < -0.4 is 5.32 Å². The van der Waals surface area contributed by atoms with Gasteiger partial charge in [-0.25, -0.2) is 4.99 Å². The zero-order chi connectivity index (χ0) is 20.2. The number of rotatable bonds is 5. The van der Waals surface area contributed by atoms with E-state index in [0.717, 1.165) is 25.0 Å². The Morgan fingerprint density at radius 2 is 2.07 bits per heavy atom. The zero-order valence-corrected chi connectivity index (χ0v) is 17.0. The largest absolute Gasteiger partial charge is 0.467 e. The molecule has 2 aromatic rings. The number of furan rings is 1. The number of amides is 1. The number of thioether (sulfide) groups is 1. The van der Waals surface area contributed by atoms with Gasteiger partial charge in [0, 0.05) is 31.0 Å². The van der Waals surface area contributed by atoms with Gasteiger partial charge < -0.3 is 14.5 Å². The lowest BCUT2D eigenvalue weighted by Crippen LogP contribution is -2.33. The van der Waals surface area contributed by atoms with Crippen LogP contribution in [0.5, 0.6) is 0 Å². The van der Waals surface area contributed by atoms with Crippen molar-refractivity contribution < 1.29 is 18.7 Å². The maximum absolute atomic E-state index is 13.2. The van der Waals surface area contributed by atoms with Crippen molar-refractivity contribution in [1.29, 1.82) is 0 Å². The van der Waals surface area contributed by atoms with Crippen LogP contribution in [0.3, 0.4) is 0 Å². The van der Waals surface area contributed by atoms with E-state index >= 15 is 0 Å². The van der Waals surface area contributed by atoms with Crippen LogP contribution in [0, 0.1) is 5.92 Å². The number of aryl methyl sites for hydroxylation is 1. The number of pyridine rings is 1. The highest BCUT2D eigenvalue weighted by Gasteiger charge is 2.41. The Morgan fingerprint density at radius 3 is 2.72 bits per heavy atom. The van der Waals surface area contributed by atoms with Crippen molar-refractivity contribution in [2.45, 2.75) is 37.5 Å². The molecule has 4 heterocycles. The van der Waals surface area contributed by atoms with Crippen LogP contribution in [0.4, 0.5) is 0 Å². The molecule has 2 aliphatic rings. The van der Waals surface area contributed by atoms with E-state index in [9.17, 15) is 9.59 Å². The summed E-state index contributed by atoms with van der Waals surface area (Å²) in [6.45, 7) is 3.21. The van der Waals surface area contributed by atoms with E-state index in [-0.39, 0.29) is 17.6 Å². The highest BCUT2D eigenvalue weighted by Crippen LogP contribution is 2.40. The number of hydrogen-bond acceptors (Lipinski definition) is 7. The first-order valence-electron chi connectivity index (χ1n) is 9.81. The minimum absolute atomic E-state index is 0.0465. The molecule has 2 unspecified atom stereocenters. The van der Waals surface area contributed by atoms with Gasteiger partial charge in [0.2, 0.25) is 0 Å². The summed E-state index contributed by atoms with van der Waals surface area (Å²) in [4.78, 5) is 34.6. The van der Waals surface area contributed by atoms with E-state index in [1.54, 1.807) is 24.6 Å². The van der Waals surface area contributed by atoms with Crippen LogP contribution in [0.15, 0.2) is 46.1 Å². The molecule has 1 saturated heterocycles. The SMILES string of the molecule is CCc1ccc(C(=O)NC2=NC(c3ccco3)C(C(=O)C3CCOCC3)S2)cn1. The van der Waals surface area contributed by atoms with Crippen molar-refractivity contribution >= 4 is 28.6 Å².